The number of aromatic nitrogens is 2. The molecule has 0 aliphatic heterocycles. The van der Waals surface area contributed by atoms with Gasteiger partial charge >= 0.3 is 0 Å². The summed E-state index contributed by atoms with van der Waals surface area (Å²) < 4.78 is 0. The molecule has 0 aromatic carbocycles. The Balaban J connectivity index is 2.72. The fraction of sp³-hybridized carbons (Fsp3) is 0.583. The zero-order valence-corrected chi connectivity index (χ0v) is 9.27. The highest BCUT2D eigenvalue weighted by molar-refractivity contribution is 5.15. The van der Waals surface area contributed by atoms with Crippen LogP contribution in [0.2, 0.25) is 0 Å². The molecule has 0 spiro atoms. The van der Waals surface area contributed by atoms with Gasteiger partial charge in [0.25, 0.3) is 0 Å². The summed E-state index contributed by atoms with van der Waals surface area (Å²) in [5.74, 6) is 1.12. The van der Waals surface area contributed by atoms with Crippen molar-refractivity contribution < 1.29 is 0 Å². The Hall–Kier alpha value is -1.05. The summed E-state index contributed by atoms with van der Waals surface area (Å²) in [4.78, 5) is 7.99. The van der Waals surface area contributed by atoms with E-state index >= 15 is 0 Å². The number of hydrogen-bond acceptors (Lipinski definition) is 1. The number of nitrogens with zero attached hydrogens (tertiary/aromatic N) is 1. The summed E-state index contributed by atoms with van der Waals surface area (Å²) in [6.45, 7) is 8.08. The maximum atomic E-state index is 4.58. The Labute approximate surface area is 86.5 Å². The summed E-state index contributed by atoms with van der Waals surface area (Å²) in [6.07, 6.45) is 7.25. The fourth-order valence-electron chi connectivity index (χ4n) is 1.61. The van der Waals surface area contributed by atoms with E-state index in [4.69, 9.17) is 0 Å². The van der Waals surface area contributed by atoms with Gasteiger partial charge in [0.15, 0.2) is 0 Å². The topological polar surface area (TPSA) is 28.7 Å². The van der Waals surface area contributed by atoms with Crippen molar-refractivity contribution in [2.75, 3.05) is 0 Å². The minimum absolute atomic E-state index is 0.986. The standard InChI is InChI=1S/C12H20N2/c1-4-7-9-12-13-10(6-3)11(14-12)8-5-2/h4H,1,5-9H2,2-3H3,(H,13,14). The van der Waals surface area contributed by atoms with E-state index in [-0.39, 0.29) is 0 Å². The van der Waals surface area contributed by atoms with Crippen LogP contribution in [-0.2, 0) is 19.3 Å². The van der Waals surface area contributed by atoms with E-state index in [1.54, 1.807) is 0 Å². The van der Waals surface area contributed by atoms with E-state index in [0.717, 1.165) is 31.5 Å². The molecule has 1 heterocycles. The van der Waals surface area contributed by atoms with Crippen LogP contribution in [-0.4, -0.2) is 9.97 Å². The quantitative estimate of drug-likeness (QED) is 0.689. The van der Waals surface area contributed by atoms with Crippen molar-refractivity contribution in [1.29, 1.82) is 0 Å². The molecule has 0 saturated heterocycles. The van der Waals surface area contributed by atoms with Gasteiger partial charge in [0.2, 0.25) is 0 Å². The van der Waals surface area contributed by atoms with Gasteiger partial charge in [-0.05, 0) is 19.3 Å². The van der Waals surface area contributed by atoms with E-state index in [9.17, 15) is 0 Å². The molecule has 0 saturated carbocycles. The molecule has 1 rings (SSSR count). The Morgan fingerprint density at radius 3 is 2.71 bits per heavy atom. The van der Waals surface area contributed by atoms with Crippen molar-refractivity contribution in [2.45, 2.75) is 46.0 Å². The maximum Gasteiger partial charge on any atom is 0.106 e. The summed E-state index contributed by atoms with van der Waals surface area (Å²) >= 11 is 0. The lowest BCUT2D eigenvalue weighted by Gasteiger charge is -1.95. The minimum atomic E-state index is 0.986. The van der Waals surface area contributed by atoms with Crippen LogP contribution < -0.4 is 0 Å². The fourth-order valence-corrected chi connectivity index (χ4v) is 1.61. The third-order valence-corrected chi connectivity index (χ3v) is 2.33. The molecule has 0 aliphatic carbocycles. The number of aromatic amines is 1. The summed E-state index contributed by atoms with van der Waals surface area (Å²) in [7, 11) is 0. The van der Waals surface area contributed by atoms with Gasteiger partial charge in [-0.25, -0.2) is 4.98 Å². The maximum absolute atomic E-state index is 4.58. The van der Waals surface area contributed by atoms with Crippen LogP contribution in [0.1, 0.15) is 43.9 Å². The van der Waals surface area contributed by atoms with Crippen molar-refractivity contribution in [3.05, 3.63) is 29.9 Å². The molecule has 0 bridgehead atoms. The van der Waals surface area contributed by atoms with Gasteiger partial charge in [-0.15, -0.1) is 6.58 Å². The van der Waals surface area contributed by atoms with E-state index in [0.29, 0.717) is 0 Å². The molecular weight excluding hydrogens is 172 g/mol. The van der Waals surface area contributed by atoms with Gasteiger partial charge in [-0.3, -0.25) is 0 Å². The molecule has 2 heteroatoms. The number of hydrogen-bond donors (Lipinski definition) is 1. The molecule has 0 atom stereocenters. The number of aryl methyl sites for hydroxylation is 3. The zero-order chi connectivity index (χ0) is 10.4. The molecule has 2 nitrogen and oxygen atoms in total. The van der Waals surface area contributed by atoms with E-state index < -0.39 is 0 Å². The molecule has 1 aromatic rings. The van der Waals surface area contributed by atoms with Crippen LogP contribution in [0.15, 0.2) is 12.7 Å². The van der Waals surface area contributed by atoms with Crippen molar-refractivity contribution in [3.8, 4) is 0 Å². The highest BCUT2D eigenvalue weighted by atomic mass is 14.9. The predicted octanol–water partition coefficient (Wildman–Crippen LogP) is 3.04. The van der Waals surface area contributed by atoms with Crippen molar-refractivity contribution in [1.82, 2.24) is 9.97 Å². The van der Waals surface area contributed by atoms with Crippen LogP contribution in [0.5, 0.6) is 0 Å². The molecule has 1 aromatic heterocycles. The van der Waals surface area contributed by atoms with Gasteiger partial charge < -0.3 is 4.98 Å². The minimum Gasteiger partial charge on any atom is -0.346 e. The van der Waals surface area contributed by atoms with Crippen LogP contribution >= 0.6 is 0 Å². The number of rotatable bonds is 6. The average Bonchev–Trinajstić information content (AvgIpc) is 2.58. The van der Waals surface area contributed by atoms with Gasteiger partial charge in [0.1, 0.15) is 5.82 Å². The first-order valence-electron chi connectivity index (χ1n) is 5.49. The molecule has 0 aliphatic rings. The van der Waals surface area contributed by atoms with Gasteiger partial charge in [-0.2, -0.15) is 0 Å². The molecule has 0 fully saturated rings. The van der Waals surface area contributed by atoms with Crippen LogP contribution in [0, 0.1) is 0 Å². The molecule has 0 amide bonds. The zero-order valence-electron chi connectivity index (χ0n) is 9.27. The predicted molar refractivity (Wildman–Crippen MR) is 60.5 cm³/mol. The monoisotopic (exact) mass is 192 g/mol. The second-order valence-electron chi connectivity index (χ2n) is 3.54. The number of imidazole rings is 1. The Bertz CT molecular complexity index is 287. The number of H-pyrrole nitrogens is 1. The van der Waals surface area contributed by atoms with Gasteiger partial charge in [-0.1, -0.05) is 26.3 Å². The number of nitrogens with one attached hydrogen (secondary N) is 1. The summed E-state index contributed by atoms with van der Waals surface area (Å²) in [5, 5.41) is 0. The SMILES string of the molecule is C=CCCc1nc(CC)c(CCC)[nH]1. The first kappa shape index (κ1) is 11.0. The highest BCUT2D eigenvalue weighted by Gasteiger charge is 2.06. The van der Waals surface area contributed by atoms with Crippen molar-refractivity contribution in [3.63, 3.8) is 0 Å². The van der Waals surface area contributed by atoms with Crippen LogP contribution in [0.25, 0.3) is 0 Å². The summed E-state index contributed by atoms with van der Waals surface area (Å²) in [5.41, 5.74) is 2.57. The first-order valence-corrected chi connectivity index (χ1v) is 5.49. The van der Waals surface area contributed by atoms with Crippen molar-refractivity contribution in [2.24, 2.45) is 0 Å². The third-order valence-electron chi connectivity index (χ3n) is 2.33. The second kappa shape index (κ2) is 5.63. The Morgan fingerprint density at radius 2 is 2.14 bits per heavy atom. The highest BCUT2D eigenvalue weighted by Crippen LogP contribution is 2.10. The lowest BCUT2D eigenvalue weighted by Crippen LogP contribution is -1.89. The number of allylic oxidation sites excluding steroid dienone is 1. The van der Waals surface area contributed by atoms with Gasteiger partial charge in [0, 0.05) is 12.1 Å². The second-order valence-corrected chi connectivity index (χ2v) is 3.54. The molecule has 0 radical (unpaired) electrons. The first-order chi connectivity index (χ1) is 6.81. The average molecular weight is 192 g/mol. The van der Waals surface area contributed by atoms with Crippen molar-refractivity contribution >= 4 is 0 Å². The molecule has 0 unspecified atom stereocenters. The largest absolute Gasteiger partial charge is 0.346 e. The van der Waals surface area contributed by atoms with E-state index in [2.05, 4.69) is 30.4 Å². The third kappa shape index (κ3) is 2.72. The van der Waals surface area contributed by atoms with Gasteiger partial charge in [0.05, 0.1) is 5.69 Å². The van der Waals surface area contributed by atoms with Crippen LogP contribution in [0.4, 0.5) is 0 Å². The van der Waals surface area contributed by atoms with E-state index in [1.165, 1.54) is 17.8 Å². The Kier molecular flexibility index (Phi) is 4.44. The van der Waals surface area contributed by atoms with E-state index in [1.807, 2.05) is 6.08 Å². The lowest BCUT2D eigenvalue weighted by atomic mass is 10.2. The molecule has 1 N–H and O–H groups in total. The Morgan fingerprint density at radius 1 is 1.36 bits per heavy atom. The summed E-state index contributed by atoms with van der Waals surface area (Å²) in [6, 6.07) is 0. The lowest BCUT2D eigenvalue weighted by molar-refractivity contribution is 0.858. The molecule has 14 heavy (non-hydrogen) atoms. The smallest absolute Gasteiger partial charge is 0.106 e. The normalized spacial score (nSPS) is 10.4. The molecule has 78 valence electrons. The molecular formula is C12H20N2. The van der Waals surface area contributed by atoms with Crippen LogP contribution in [0.3, 0.4) is 0 Å².